The Kier molecular flexibility index (Phi) is 4.76. The Hall–Kier alpha value is -2.70. The molecule has 0 aliphatic heterocycles. The number of carboxylic acid groups (broad SMARTS) is 1. The van der Waals surface area contributed by atoms with Crippen molar-refractivity contribution < 1.29 is 24.4 Å². The quantitative estimate of drug-likeness (QED) is 0.377. The molecule has 0 radical (unpaired) electrons. The van der Waals surface area contributed by atoms with Crippen molar-refractivity contribution in [3.63, 3.8) is 0 Å². The summed E-state index contributed by atoms with van der Waals surface area (Å²) < 4.78 is 4.65. The molecule has 0 aromatic heterocycles. The molecule has 0 fully saturated rings. The fourth-order valence-electron chi connectivity index (χ4n) is 1.34. The van der Waals surface area contributed by atoms with E-state index in [2.05, 4.69) is 4.74 Å². The standard InChI is InChI=1S/C12H11NO6/c1-2-19-11(14)6-4-8-3-5-10(13(17)18)9(7-8)12(15)16/h3-7H,2H2,1H3,(H,15,16). The Labute approximate surface area is 108 Å². The number of hydrogen-bond acceptors (Lipinski definition) is 5. The predicted molar refractivity (Wildman–Crippen MR) is 65.7 cm³/mol. The molecule has 100 valence electrons. The lowest BCUT2D eigenvalue weighted by Gasteiger charge is -2.00. The van der Waals surface area contributed by atoms with E-state index in [9.17, 15) is 19.7 Å². The molecule has 1 N–H and O–H groups in total. The van der Waals surface area contributed by atoms with Crippen LogP contribution in [0.1, 0.15) is 22.8 Å². The molecule has 1 aromatic carbocycles. The first-order valence-corrected chi connectivity index (χ1v) is 5.32. The van der Waals surface area contributed by atoms with Gasteiger partial charge in [-0.05, 0) is 30.7 Å². The second-order valence-corrected chi connectivity index (χ2v) is 3.42. The molecule has 1 aromatic rings. The van der Waals surface area contributed by atoms with Gasteiger partial charge in [-0.15, -0.1) is 0 Å². The summed E-state index contributed by atoms with van der Waals surface area (Å²) in [4.78, 5) is 31.8. The molecule has 0 saturated heterocycles. The van der Waals surface area contributed by atoms with E-state index in [0.29, 0.717) is 5.56 Å². The molecule has 0 atom stereocenters. The third kappa shape index (κ3) is 3.91. The third-order valence-corrected chi connectivity index (χ3v) is 2.15. The summed E-state index contributed by atoms with van der Waals surface area (Å²) in [5, 5.41) is 19.5. The Morgan fingerprint density at radius 3 is 2.68 bits per heavy atom. The van der Waals surface area contributed by atoms with Crippen molar-refractivity contribution in [1.29, 1.82) is 0 Å². The van der Waals surface area contributed by atoms with Gasteiger partial charge in [-0.3, -0.25) is 10.1 Å². The molecular weight excluding hydrogens is 254 g/mol. The zero-order valence-electron chi connectivity index (χ0n) is 10.0. The van der Waals surface area contributed by atoms with Gasteiger partial charge in [-0.2, -0.15) is 0 Å². The molecule has 0 unspecified atom stereocenters. The maximum absolute atomic E-state index is 11.1. The normalized spacial score (nSPS) is 10.4. The van der Waals surface area contributed by atoms with Crippen LogP contribution in [-0.2, 0) is 9.53 Å². The first-order chi connectivity index (χ1) is 8.95. The molecule has 0 amide bonds. The van der Waals surface area contributed by atoms with Gasteiger partial charge >= 0.3 is 11.9 Å². The smallest absolute Gasteiger partial charge is 0.342 e. The average Bonchev–Trinajstić information content (AvgIpc) is 2.36. The molecule has 0 aliphatic rings. The summed E-state index contributed by atoms with van der Waals surface area (Å²) in [7, 11) is 0. The fourth-order valence-corrected chi connectivity index (χ4v) is 1.34. The number of esters is 1. The maximum Gasteiger partial charge on any atom is 0.342 e. The fraction of sp³-hybridized carbons (Fsp3) is 0.167. The molecule has 1 rings (SSSR count). The highest BCUT2D eigenvalue weighted by Gasteiger charge is 2.19. The predicted octanol–water partition coefficient (Wildman–Crippen LogP) is 1.87. The SMILES string of the molecule is CCOC(=O)C=Cc1ccc([N+](=O)[O-])c(C(=O)O)c1. The average molecular weight is 265 g/mol. The van der Waals surface area contributed by atoms with Gasteiger partial charge in [0.25, 0.3) is 5.69 Å². The van der Waals surface area contributed by atoms with Crippen molar-refractivity contribution in [2.75, 3.05) is 6.61 Å². The second kappa shape index (κ2) is 6.29. The number of carbonyl (C=O) groups is 2. The van der Waals surface area contributed by atoms with E-state index < -0.39 is 28.1 Å². The summed E-state index contributed by atoms with van der Waals surface area (Å²) in [5.41, 5.74) is -0.576. The number of carboxylic acids is 1. The van der Waals surface area contributed by atoms with Crippen LogP contribution >= 0.6 is 0 Å². The van der Waals surface area contributed by atoms with Gasteiger partial charge in [-0.25, -0.2) is 9.59 Å². The number of ether oxygens (including phenoxy) is 1. The molecule has 0 saturated carbocycles. The molecule has 7 nitrogen and oxygen atoms in total. The van der Waals surface area contributed by atoms with E-state index >= 15 is 0 Å². The molecule has 0 aliphatic carbocycles. The van der Waals surface area contributed by atoms with Crippen molar-refractivity contribution in [3.05, 3.63) is 45.5 Å². The van der Waals surface area contributed by atoms with Crippen LogP contribution in [0.15, 0.2) is 24.3 Å². The van der Waals surface area contributed by atoms with Gasteiger partial charge < -0.3 is 9.84 Å². The van der Waals surface area contributed by atoms with Crippen molar-refractivity contribution in [2.45, 2.75) is 6.92 Å². The van der Waals surface area contributed by atoms with Crippen molar-refractivity contribution in [3.8, 4) is 0 Å². The highest BCUT2D eigenvalue weighted by atomic mass is 16.6. The number of nitro groups is 1. The zero-order valence-corrected chi connectivity index (χ0v) is 10.0. The van der Waals surface area contributed by atoms with Gasteiger partial charge in [0, 0.05) is 12.1 Å². The topological polar surface area (TPSA) is 107 Å². The van der Waals surface area contributed by atoms with Crippen molar-refractivity contribution in [1.82, 2.24) is 0 Å². The molecule has 0 spiro atoms. The summed E-state index contributed by atoms with van der Waals surface area (Å²) >= 11 is 0. The molecule has 7 heteroatoms. The number of carbonyl (C=O) groups excluding carboxylic acids is 1. The van der Waals surface area contributed by atoms with Crippen molar-refractivity contribution >= 4 is 23.7 Å². The van der Waals surface area contributed by atoms with Gasteiger partial charge in [0.05, 0.1) is 11.5 Å². The monoisotopic (exact) mass is 265 g/mol. The van der Waals surface area contributed by atoms with Crippen LogP contribution in [0.3, 0.4) is 0 Å². The highest BCUT2D eigenvalue weighted by Crippen LogP contribution is 2.20. The Balaban J connectivity index is 3.06. The van der Waals surface area contributed by atoms with Gasteiger partial charge in [-0.1, -0.05) is 0 Å². The van der Waals surface area contributed by atoms with E-state index in [1.165, 1.54) is 12.1 Å². The van der Waals surface area contributed by atoms with Crippen LogP contribution in [0.2, 0.25) is 0 Å². The van der Waals surface area contributed by atoms with Crippen LogP contribution in [0.25, 0.3) is 6.08 Å². The lowest BCUT2D eigenvalue weighted by Crippen LogP contribution is -2.03. The van der Waals surface area contributed by atoms with Gasteiger partial charge in [0.1, 0.15) is 5.56 Å². The Morgan fingerprint density at radius 1 is 1.47 bits per heavy atom. The Bertz CT molecular complexity index is 549. The zero-order chi connectivity index (χ0) is 14.4. The minimum Gasteiger partial charge on any atom is -0.477 e. The summed E-state index contributed by atoms with van der Waals surface area (Å²) in [5.74, 6) is -1.98. The lowest BCUT2D eigenvalue weighted by atomic mass is 10.1. The van der Waals surface area contributed by atoms with Gasteiger partial charge in [0.2, 0.25) is 0 Å². The number of nitro benzene ring substituents is 1. The minimum absolute atomic E-state index is 0.226. The Morgan fingerprint density at radius 2 is 2.16 bits per heavy atom. The molecule has 0 bridgehead atoms. The number of benzene rings is 1. The van der Waals surface area contributed by atoms with Crippen LogP contribution < -0.4 is 0 Å². The molecule has 0 heterocycles. The summed E-state index contributed by atoms with van der Waals surface area (Å²) in [6.45, 7) is 1.88. The summed E-state index contributed by atoms with van der Waals surface area (Å²) in [6.07, 6.45) is 2.45. The minimum atomic E-state index is -1.40. The third-order valence-electron chi connectivity index (χ3n) is 2.15. The highest BCUT2D eigenvalue weighted by molar-refractivity contribution is 5.94. The first kappa shape index (κ1) is 14.4. The van der Waals surface area contributed by atoms with Gasteiger partial charge in [0.15, 0.2) is 0 Å². The van der Waals surface area contributed by atoms with Crippen molar-refractivity contribution in [2.24, 2.45) is 0 Å². The second-order valence-electron chi connectivity index (χ2n) is 3.42. The largest absolute Gasteiger partial charge is 0.477 e. The first-order valence-electron chi connectivity index (χ1n) is 5.32. The number of aromatic carboxylic acids is 1. The van der Waals surface area contributed by atoms with Crippen LogP contribution in [0, 0.1) is 10.1 Å². The van der Waals surface area contributed by atoms with E-state index in [1.807, 2.05) is 0 Å². The number of nitrogens with zero attached hydrogens (tertiary/aromatic N) is 1. The van der Waals surface area contributed by atoms with E-state index in [1.54, 1.807) is 6.92 Å². The number of rotatable bonds is 5. The molecular formula is C12H11NO6. The van der Waals surface area contributed by atoms with Crippen LogP contribution in [-0.4, -0.2) is 28.6 Å². The van der Waals surface area contributed by atoms with E-state index in [-0.39, 0.29) is 6.61 Å². The van der Waals surface area contributed by atoms with E-state index in [4.69, 9.17) is 5.11 Å². The van der Waals surface area contributed by atoms with Crippen LogP contribution in [0.4, 0.5) is 5.69 Å². The molecule has 19 heavy (non-hydrogen) atoms. The maximum atomic E-state index is 11.1. The summed E-state index contributed by atoms with van der Waals surface area (Å²) in [6, 6.07) is 3.55. The number of hydrogen-bond donors (Lipinski definition) is 1. The van der Waals surface area contributed by atoms with Crippen LogP contribution in [0.5, 0.6) is 0 Å². The van der Waals surface area contributed by atoms with E-state index in [0.717, 1.165) is 18.2 Å². The lowest BCUT2D eigenvalue weighted by molar-refractivity contribution is -0.385.